The van der Waals surface area contributed by atoms with E-state index in [1.807, 2.05) is 24.3 Å². The second kappa shape index (κ2) is 8.97. The lowest BCUT2D eigenvalue weighted by Crippen LogP contribution is -2.31. The number of anilines is 1. The van der Waals surface area contributed by atoms with Gasteiger partial charge < -0.3 is 10.1 Å². The van der Waals surface area contributed by atoms with Crippen molar-refractivity contribution in [1.29, 1.82) is 0 Å². The average molecular weight is 453 g/mol. The first-order valence-electron chi connectivity index (χ1n) is 8.68. The lowest BCUT2D eigenvalue weighted by atomic mass is 10.1. The Bertz CT molecular complexity index is 877. The second-order valence-corrected chi connectivity index (χ2v) is 9.05. The van der Waals surface area contributed by atoms with E-state index in [2.05, 4.69) is 26.0 Å². The fraction of sp³-hybridized carbons (Fsp3) is 0.316. The minimum absolute atomic E-state index is 0.0584. The zero-order valence-electron chi connectivity index (χ0n) is 14.7. The van der Waals surface area contributed by atoms with Crippen molar-refractivity contribution < 1.29 is 17.9 Å². The Morgan fingerprint density at radius 3 is 2.44 bits per heavy atom. The summed E-state index contributed by atoms with van der Waals surface area (Å²) >= 11 is 3.36. The number of rotatable bonds is 7. The number of carbonyl (C=O) groups excluding carboxylic acids is 1. The summed E-state index contributed by atoms with van der Waals surface area (Å²) < 4.78 is 33.6. The molecule has 0 radical (unpaired) electrons. The van der Waals surface area contributed by atoms with Crippen LogP contribution < -0.4 is 10.0 Å². The van der Waals surface area contributed by atoms with Crippen LogP contribution in [0.2, 0.25) is 0 Å². The zero-order valence-corrected chi connectivity index (χ0v) is 17.1. The maximum absolute atomic E-state index is 12.3. The molecule has 0 bridgehead atoms. The van der Waals surface area contributed by atoms with Gasteiger partial charge >= 0.3 is 0 Å². The Balaban J connectivity index is 1.55. The van der Waals surface area contributed by atoms with Crippen LogP contribution in [0.3, 0.4) is 0 Å². The molecule has 0 aromatic heterocycles. The highest BCUT2D eigenvalue weighted by Gasteiger charge is 2.20. The normalized spacial score (nSPS) is 17.0. The van der Waals surface area contributed by atoms with Gasteiger partial charge in [-0.1, -0.05) is 28.1 Å². The van der Waals surface area contributed by atoms with Crippen LogP contribution in [0.1, 0.15) is 18.4 Å². The van der Waals surface area contributed by atoms with E-state index in [-0.39, 0.29) is 29.9 Å². The molecule has 8 heteroatoms. The van der Waals surface area contributed by atoms with Gasteiger partial charge in [0.1, 0.15) is 0 Å². The third-order valence-corrected chi connectivity index (χ3v) is 6.22. The van der Waals surface area contributed by atoms with E-state index in [9.17, 15) is 13.2 Å². The molecule has 0 saturated carbocycles. The molecule has 2 aromatic rings. The van der Waals surface area contributed by atoms with Gasteiger partial charge in [0.25, 0.3) is 0 Å². The number of benzene rings is 2. The Morgan fingerprint density at radius 2 is 1.81 bits per heavy atom. The highest BCUT2D eigenvalue weighted by molar-refractivity contribution is 9.10. The largest absolute Gasteiger partial charge is 0.377 e. The van der Waals surface area contributed by atoms with Crippen molar-refractivity contribution in [3.8, 4) is 0 Å². The van der Waals surface area contributed by atoms with Crippen molar-refractivity contribution in [3.05, 3.63) is 58.6 Å². The van der Waals surface area contributed by atoms with E-state index in [0.717, 1.165) is 22.9 Å². The van der Waals surface area contributed by atoms with E-state index in [0.29, 0.717) is 12.3 Å². The number of ether oxygens (including phenoxy) is 1. The number of hydrogen-bond donors (Lipinski definition) is 2. The van der Waals surface area contributed by atoms with Gasteiger partial charge in [-0.05, 0) is 54.8 Å². The van der Waals surface area contributed by atoms with Gasteiger partial charge in [-0.3, -0.25) is 4.79 Å². The molecular formula is C19H21BrN2O4S. The molecule has 6 nitrogen and oxygen atoms in total. The van der Waals surface area contributed by atoms with Crippen molar-refractivity contribution >= 4 is 37.5 Å². The Labute approximate surface area is 167 Å². The van der Waals surface area contributed by atoms with Gasteiger partial charge in [0, 0.05) is 23.3 Å². The fourth-order valence-electron chi connectivity index (χ4n) is 2.80. The maximum Gasteiger partial charge on any atom is 0.240 e. The van der Waals surface area contributed by atoms with E-state index >= 15 is 0 Å². The summed E-state index contributed by atoms with van der Waals surface area (Å²) in [7, 11) is -3.59. The van der Waals surface area contributed by atoms with Gasteiger partial charge in [0.05, 0.1) is 17.4 Å². The molecule has 1 saturated heterocycles. The summed E-state index contributed by atoms with van der Waals surface area (Å²) in [6, 6.07) is 13.6. The molecule has 1 fully saturated rings. The Morgan fingerprint density at radius 1 is 1.11 bits per heavy atom. The average Bonchev–Trinajstić information content (AvgIpc) is 3.16. The third kappa shape index (κ3) is 5.87. The summed E-state index contributed by atoms with van der Waals surface area (Å²) in [4.78, 5) is 12.3. The molecule has 1 atom stereocenters. The van der Waals surface area contributed by atoms with Crippen LogP contribution in [-0.2, 0) is 26.0 Å². The van der Waals surface area contributed by atoms with Crippen LogP contribution in [0, 0.1) is 0 Å². The lowest BCUT2D eigenvalue weighted by molar-refractivity contribution is -0.115. The molecule has 2 aromatic carbocycles. The van der Waals surface area contributed by atoms with E-state index in [1.54, 1.807) is 12.1 Å². The minimum Gasteiger partial charge on any atom is -0.377 e. The summed E-state index contributed by atoms with van der Waals surface area (Å²) in [5.74, 6) is -0.163. The third-order valence-electron chi connectivity index (χ3n) is 4.25. The molecule has 0 aliphatic carbocycles. The van der Waals surface area contributed by atoms with E-state index in [1.165, 1.54) is 12.1 Å². The molecular weight excluding hydrogens is 432 g/mol. The lowest BCUT2D eigenvalue weighted by Gasteiger charge is -2.12. The van der Waals surface area contributed by atoms with Gasteiger partial charge in [0.2, 0.25) is 15.9 Å². The molecule has 1 heterocycles. The van der Waals surface area contributed by atoms with Crippen LogP contribution >= 0.6 is 15.9 Å². The number of hydrogen-bond acceptors (Lipinski definition) is 4. The molecule has 1 amide bonds. The SMILES string of the molecule is O=C(Cc1ccc(Br)cc1)Nc1ccc(S(=O)(=O)NC[C@@H]2CCCO2)cc1. The molecule has 0 unspecified atom stereocenters. The van der Waals surface area contributed by atoms with Crippen LogP contribution in [0.15, 0.2) is 57.9 Å². The zero-order chi connectivity index (χ0) is 19.3. The molecule has 27 heavy (non-hydrogen) atoms. The van der Waals surface area contributed by atoms with Crippen LogP contribution in [-0.4, -0.2) is 33.6 Å². The van der Waals surface area contributed by atoms with Crippen molar-refractivity contribution in [2.75, 3.05) is 18.5 Å². The first kappa shape index (κ1) is 20.0. The molecule has 1 aliphatic rings. The number of sulfonamides is 1. The van der Waals surface area contributed by atoms with Crippen LogP contribution in [0.4, 0.5) is 5.69 Å². The first-order valence-corrected chi connectivity index (χ1v) is 11.0. The maximum atomic E-state index is 12.3. The summed E-state index contributed by atoms with van der Waals surface area (Å²) in [5.41, 5.74) is 1.45. The van der Waals surface area contributed by atoms with Crippen molar-refractivity contribution in [2.24, 2.45) is 0 Å². The molecule has 3 rings (SSSR count). The van der Waals surface area contributed by atoms with Crippen molar-refractivity contribution in [1.82, 2.24) is 4.72 Å². The van der Waals surface area contributed by atoms with Crippen molar-refractivity contribution in [3.63, 3.8) is 0 Å². The number of halogens is 1. The summed E-state index contributed by atoms with van der Waals surface area (Å²) in [5, 5.41) is 2.77. The smallest absolute Gasteiger partial charge is 0.240 e. The topological polar surface area (TPSA) is 84.5 Å². The highest BCUT2D eigenvalue weighted by atomic mass is 79.9. The highest BCUT2D eigenvalue weighted by Crippen LogP contribution is 2.17. The predicted molar refractivity (Wildman–Crippen MR) is 107 cm³/mol. The van der Waals surface area contributed by atoms with E-state index < -0.39 is 10.0 Å². The number of amides is 1. The van der Waals surface area contributed by atoms with Gasteiger partial charge in [-0.2, -0.15) is 0 Å². The van der Waals surface area contributed by atoms with Crippen LogP contribution in [0.25, 0.3) is 0 Å². The van der Waals surface area contributed by atoms with Gasteiger partial charge in [-0.25, -0.2) is 13.1 Å². The predicted octanol–water partition coefficient (Wildman–Crippen LogP) is 3.09. The molecule has 0 spiro atoms. The van der Waals surface area contributed by atoms with E-state index in [4.69, 9.17) is 4.74 Å². The van der Waals surface area contributed by atoms with Gasteiger partial charge in [0.15, 0.2) is 0 Å². The Hall–Kier alpha value is -1.74. The summed E-state index contributed by atoms with van der Waals surface area (Å²) in [6.07, 6.45) is 2.01. The Kier molecular flexibility index (Phi) is 6.64. The van der Waals surface area contributed by atoms with Crippen LogP contribution in [0.5, 0.6) is 0 Å². The summed E-state index contributed by atoms with van der Waals surface area (Å²) in [6.45, 7) is 0.953. The van der Waals surface area contributed by atoms with Gasteiger partial charge in [-0.15, -0.1) is 0 Å². The standard InChI is InChI=1S/C19H21BrN2O4S/c20-15-5-3-14(4-6-15)12-19(23)22-16-7-9-18(10-8-16)27(24,25)21-13-17-2-1-11-26-17/h3-10,17,21H,1-2,11-13H2,(H,22,23)/t17-/m0/s1. The fourth-order valence-corrected chi connectivity index (χ4v) is 4.13. The second-order valence-electron chi connectivity index (χ2n) is 6.36. The molecule has 2 N–H and O–H groups in total. The quantitative estimate of drug-likeness (QED) is 0.675. The first-order chi connectivity index (χ1) is 12.9. The number of nitrogens with one attached hydrogen (secondary N) is 2. The molecule has 1 aliphatic heterocycles. The van der Waals surface area contributed by atoms with Crippen molar-refractivity contribution in [2.45, 2.75) is 30.3 Å². The molecule has 144 valence electrons. The monoisotopic (exact) mass is 452 g/mol. The minimum atomic E-state index is -3.59. The number of carbonyl (C=O) groups is 1.